The molecule has 1 heterocycles. The minimum atomic E-state index is -0.830. The van der Waals surface area contributed by atoms with Gasteiger partial charge >= 0.3 is 5.97 Å². The Balaban J connectivity index is 1.60. The summed E-state index contributed by atoms with van der Waals surface area (Å²) in [6.45, 7) is -1.01. The maximum Gasteiger partial charge on any atom is 0.326 e. The molecule has 2 amide bonds. The molecule has 0 radical (unpaired) electrons. The van der Waals surface area contributed by atoms with Crippen LogP contribution in [0.1, 0.15) is 31.1 Å². The predicted octanol–water partition coefficient (Wildman–Crippen LogP) is 3.23. The van der Waals surface area contributed by atoms with E-state index in [0.717, 1.165) is 9.37 Å². The standard InChI is InChI=1S/C18H11Br2NO5/c19-11-3-1-10(2-4-11)15(22)9-26-16(23)8-21-17(24)13-6-5-12(20)7-14(13)18(21)25/h1-7H,8-9H2. The number of hydrogen-bond donors (Lipinski definition) is 0. The second-order valence-electron chi connectivity index (χ2n) is 5.48. The van der Waals surface area contributed by atoms with E-state index in [1.165, 1.54) is 12.1 Å². The number of fused-ring (bicyclic) bond motifs is 1. The SMILES string of the molecule is O=C(CN1C(=O)c2ccc(Br)cc2C1=O)OCC(=O)c1ccc(Br)cc1. The molecular formula is C18H11Br2NO5. The fourth-order valence-electron chi connectivity index (χ4n) is 2.45. The molecule has 1 aliphatic heterocycles. The third-order valence-corrected chi connectivity index (χ3v) is 4.77. The first-order valence-electron chi connectivity index (χ1n) is 7.47. The molecule has 0 N–H and O–H groups in total. The van der Waals surface area contributed by atoms with Gasteiger partial charge in [0.2, 0.25) is 0 Å². The molecule has 132 valence electrons. The second kappa shape index (κ2) is 7.51. The Morgan fingerprint density at radius 3 is 2.19 bits per heavy atom. The molecule has 0 saturated heterocycles. The molecule has 0 aliphatic carbocycles. The van der Waals surface area contributed by atoms with Crippen molar-refractivity contribution < 1.29 is 23.9 Å². The van der Waals surface area contributed by atoms with E-state index in [9.17, 15) is 19.2 Å². The van der Waals surface area contributed by atoms with Crippen LogP contribution >= 0.6 is 31.9 Å². The first-order chi connectivity index (χ1) is 12.4. The zero-order valence-corrected chi connectivity index (χ0v) is 16.4. The smallest absolute Gasteiger partial charge is 0.326 e. The molecule has 0 atom stereocenters. The van der Waals surface area contributed by atoms with Crippen molar-refractivity contribution in [1.82, 2.24) is 4.90 Å². The first kappa shape index (κ1) is 18.5. The van der Waals surface area contributed by atoms with Crippen molar-refractivity contribution in [1.29, 1.82) is 0 Å². The zero-order valence-electron chi connectivity index (χ0n) is 13.2. The number of amides is 2. The summed E-state index contributed by atoms with van der Waals surface area (Å²) >= 11 is 6.50. The van der Waals surface area contributed by atoms with Crippen molar-refractivity contribution in [3.8, 4) is 0 Å². The molecule has 0 bridgehead atoms. The van der Waals surface area contributed by atoms with Gasteiger partial charge in [-0.3, -0.25) is 24.1 Å². The number of halogens is 2. The number of rotatable bonds is 5. The van der Waals surface area contributed by atoms with Gasteiger partial charge in [0.1, 0.15) is 6.54 Å². The maximum absolute atomic E-state index is 12.3. The van der Waals surface area contributed by atoms with Gasteiger partial charge in [-0.25, -0.2) is 0 Å². The second-order valence-corrected chi connectivity index (χ2v) is 7.31. The summed E-state index contributed by atoms with van der Waals surface area (Å²) < 4.78 is 6.39. The third-order valence-electron chi connectivity index (χ3n) is 3.75. The normalized spacial score (nSPS) is 12.9. The number of carbonyl (C=O) groups excluding carboxylic acids is 4. The van der Waals surface area contributed by atoms with E-state index < -0.39 is 30.9 Å². The Hall–Kier alpha value is -2.32. The number of benzene rings is 2. The average Bonchev–Trinajstić information content (AvgIpc) is 2.84. The fraction of sp³-hybridized carbons (Fsp3) is 0.111. The molecule has 0 unspecified atom stereocenters. The van der Waals surface area contributed by atoms with E-state index in [1.54, 1.807) is 30.3 Å². The van der Waals surface area contributed by atoms with Crippen molar-refractivity contribution in [2.75, 3.05) is 13.2 Å². The van der Waals surface area contributed by atoms with E-state index in [4.69, 9.17) is 4.74 Å². The Morgan fingerprint density at radius 2 is 1.50 bits per heavy atom. The quantitative estimate of drug-likeness (QED) is 0.373. The molecule has 0 aromatic heterocycles. The number of imide groups is 1. The topological polar surface area (TPSA) is 80.8 Å². The van der Waals surface area contributed by atoms with Crippen LogP contribution in [-0.2, 0) is 9.53 Å². The maximum atomic E-state index is 12.3. The highest BCUT2D eigenvalue weighted by Crippen LogP contribution is 2.25. The van der Waals surface area contributed by atoms with Gasteiger partial charge in [0.25, 0.3) is 11.8 Å². The lowest BCUT2D eigenvalue weighted by Gasteiger charge is -2.12. The molecule has 0 spiro atoms. The number of carbonyl (C=O) groups is 4. The highest BCUT2D eigenvalue weighted by atomic mass is 79.9. The monoisotopic (exact) mass is 479 g/mol. The largest absolute Gasteiger partial charge is 0.456 e. The number of nitrogens with zero attached hydrogens (tertiary/aromatic N) is 1. The van der Waals surface area contributed by atoms with E-state index in [2.05, 4.69) is 31.9 Å². The minimum Gasteiger partial charge on any atom is -0.456 e. The summed E-state index contributed by atoms with van der Waals surface area (Å²) in [4.78, 5) is 49.3. The Bertz CT molecular complexity index is 924. The lowest BCUT2D eigenvalue weighted by atomic mass is 10.1. The lowest BCUT2D eigenvalue weighted by Crippen LogP contribution is -2.36. The Morgan fingerprint density at radius 1 is 0.885 bits per heavy atom. The summed E-state index contributed by atoms with van der Waals surface area (Å²) in [7, 11) is 0. The highest BCUT2D eigenvalue weighted by molar-refractivity contribution is 9.10. The minimum absolute atomic E-state index is 0.225. The summed E-state index contributed by atoms with van der Waals surface area (Å²) in [6.07, 6.45) is 0. The Kier molecular flexibility index (Phi) is 5.33. The van der Waals surface area contributed by atoms with Crippen molar-refractivity contribution >= 4 is 55.4 Å². The van der Waals surface area contributed by atoms with Crippen LogP contribution in [0.3, 0.4) is 0 Å². The molecular weight excluding hydrogens is 470 g/mol. The highest BCUT2D eigenvalue weighted by Gasteiger charge is 2.37. The summed E-state index contributed by atoms with van der Waals surface area (Å²) in [5.41, 5.74) is 0.853. The van der Waals surface area contributed by atoms with E-state index in [0.29, 0.717) is 10.0 Å². The van der Waals surface area contributed by atoms with Gasteiger partial charge in [0, 0.05) is 14.5 Å². The van der Waals surface area contributed by atoms with E-state index in [1.807, 2.05) is 0 Å². The van der Waals surface area contributed by atoms with Crippen LogP contribution < -0.4 is 0 Å². The summed E-state index contributed by atoms with van der Waals surface area (Å²) in [5, 5.41) is 0. The van der Waals surface area contributed by atoms with Crippen LogP contribution in [0.2, 0.25) is 0 Å². The van der Waals surface area contributed by atoms with Crippen molar-refractivity contribution in [2.45, 2.75) is 0 Å². The van der Waals surface area contributed by atoms with Gasteiger partial charge in [-0.1, -0.05) is 44.0 Å². The molecule has 6 nitrogen and oxygen atoms in total. The van der Waals surface area contributed by atoms with Crippen molar-refractivity contribution in [2.24, 2.45) is 0 Å². The van der Waals surface area contributed by atoms with Crippen LogP contribution in [0.4, 0.5) is 0 Å². The molecule has 3 rings (SSSR count). The van der Waals surface area contributed by atoms with Crippen LogP contribution in [0.5, 0.6) is 0 Å². The molecule has 26 heavy (non-hydrogen) atoms. The number of hydrogen-bond acceptors (Lipinski definition) is 5. The third kappa shape index (κ3) is 3.76. The van der Waals surface area contributed by atoms with Crippen LogP contribution in [0.25, 0.3) is 0 Å². The molecule has 0 saturated carbocycles. The number of Topliss-reactive ketones (excluding diaryl/α,β-unsaturated/α-hetero) is 1. The Labute approximate surface area is 165 Å². The van der Waals surface area contributed by atoms with Crippen molar-refractivity contribution in [3.05, 3.63) is 68.1 Å². The first-order valence-corrected chi connectivity index (χ1v) is 9.05. The molecule has 0 fully saturated rings. The van der Waals surface area contributed by atoms with Gasteiger partial charge in [-0.15, -0.1) is 0 Å². The zero-order chi connectivity index (χ0) is 18.8. The van der Waals surface area contributed by atoms with Gasteiger partial charge < -0.3 is 4.74 Å². The fourth-order valence-corrected chi connectivity index (χ4v) is 3.07. The van der Waals surface area contributed by atoms with Crippen LogP contribution in [0.15, 0.2) is 51.4 Å². The molecule has 2 aromatic carbocycles. The average molecular weight is 481 g/mol. The molecule has 2 aromatic rings. The van der Waals surface area contributed by atoms with E-state index in [-0.39, 0.29) is 16.9 Å². The van der Waals surface area contributed by atoms with Gasteiger partial charge in [0.15, 0.2) is 12.4 Å². The molecule has 8 heteroatoms. The predicted molar refractivity (Wildman–Crippen MR) is 98.9 cm³/mol. The summed E-state index contributed by atoms with van der Waals surface area (Å²) in [6, 6.07) is 11.3. The van der Waals surface area contributed by atoms with Gasteiger partial charge in [-0.05, 0) is 30.3 Å². The van der Waals surface area contributed by atoms with Crippen molar-refractivity contribution in [3.63, 3.8) is 0 Å². The van der Waals surface area contributed by atoms with Crippen LogP contribution in [-0.4, -0.2) is 41.6 Å². The van der Waals surface area contributed by atoms with Gasteiger partial charge in [-0.2, -0.15) is 0 Å². The number of ketones is 1. The van der Waals surface area contributed by atoms with Crippen LogP contribution in [0, 0.1) is 0 Å². The summed E-state index contributed by atoms with van der Waals surface area (Å²) in [5.74, 6) is -2.34. The number of ether oxygens (including phenoxy) is 1. The number of esters is 1. The lowest BCUT2D eigenvalue weighted by molar-refractivity contribution is -0.142. The van der Waals surface area contributed by atoms with Gasteiger partial charge in [0.05, 0.1) is 11.1 Å². The van der Waals surface area contributed by atoms with E-state index >= 15 is 0 Å². The molecule has 1 aliphatic rings.